The van der Waals surface area contributed by atoms with Crippen molar-refractivity contribution >= 4 is 33.6 Å². The Morgan fingerprint density at radius 3 is 2.06 bits per heavy atom. The number of halogens is 7. The van der Waals surface area contributed by atoms with Gasteiger partial charge in [0.25, 0.3) is 0 Å². The zero-order valence-corrected chi connectivity index (χ0v) is 19.4. The number of alkyl halides is 3. The summed E-state index contributed by atoms with van der Waals surface area (Å²) in [6, 6.07) is 1.96. The molecule has 1 aliphatic rings. The third-order valence-electron chi connectivity index (χ3n) is 4.64. The van der Waals surface area contributed by atoms with E-state index in [1.54, 1.807) is 0 Å². The van der Waals surface area contributed by atoms with Crippen LogP contribution in [0.15, 0.2) is 40.0 Å². The fraction of sp³-hybridized carbons (Fsp3) is 0.238. The van der Waals surface area contributed by atoms with Crippen LogP contribution in [0.2, 0.25) is 0 Å². The Morgan fingerprint density at radius 2 is 1.51 bits per heavy atom. The molecule has 0 atom stereocenters. The molecule has 1 heterocycles. The Labute approximate surface area is 201 Å². The number of ether oxygens (including phenoxy) is 4. The highest BCUT2D eigenvalue weighted by atomic mass is 79.9. The van der Waals surface area contributed by atoms with E-state index in [0.29, 0.717) is 0 Å². The van der Waals surface area contributed by atoms with E-state index in [1.807, 2.05) is 0 Å². The second kappa shape index (κ2) is 10.2. The summed E-state index contributed by atoms with van der Waals surface area (Å²) < 4.78 is 102. The third kappa shape index (κ3) is 5.37. The first kappa shape index (κ1) is 26.3. The van der Waals surface area contributed by atoms with Crippen molar-refractivity contribution in [1.29, 1.82) is 0 Å². The monoisotopic (exact) mass is 569 g/mol. The number of esters is 2. The Balaban J connectivity index is 2.20. The topological polar surface area (TPSA) is 74.3 Å². The van der Waals surface area contributed by atoms with Crippen molar-refractivity contribution < 1.29 is 54.9 Å². The molecule has 0 aromatic heterocycles. The lowest BCUT2D eigenvalue weighted by Crippen LogP contribution is -2.39. The van der Waals surface area contributed by atoms with E-state index < -0.39 is 65.1 Å². The molecule has 35 heavy (non-hydrogen) atoms. The number of hydrogen-bond donors (Lipinski definition) is 0. The van der Waals surface area contributed by atoms with Gasteiger partial charge in [0.15, 0.2) is 29.0 Å². The summed E-state index contributed by atoms with van der Waals surface area (Å²) in [7, 11) is 2.04. The minimum Gasteiger partial charge on any atom is -0.466 e. The van der Waals surface area contributed by atoms with Crippen LogP contribution in [0.4, 0.5) is 32.0 Å². The summed E-state index contributed by atoms with van der Waals surface area (Å²) in [5.74, 6) is -9.02. The molecule has 2 aromatic carbocycles. The van der Waals surface area contributed by atoms with Gasteiger partial charge in [-0.1, -0.05) is 15.9 Å². The van der Waals surface area contributed by atoms with Crippen LogP contribution >= 0.6 is 15.9 Å². The van der Waals surface area contributed by atoms with Gasteiger partial charge in [-0.15, -0.1) is 0 Å². The maximum atomic E-state index is 14.9. The van der Waals surface area contributed by atoms with Gasteiger partial charge in [0, 0.05) is 4.47 Å². The summed E-state index contributed by atoms with van der Waals surface area (Å²) in [6.45, 7) is -0.863. The first-order valence-electron chi connectivity index (χ1n) is 9.37. The van der Waals surface area contributed by atoms with Crippen LogP contribution in [-0.2, 0) is 30.0 Å². The smallest absolute Gasteiger partial charge is 0.416 e. The lowest BCUT2D eigenvalue weighted by atomic mass is 10.1. The standard InChI is InChI=1S/C21H14BrF6NO6/c1-32-19(30)11-7-34-8-29(16(11)20(31)33-2)15-6-10(22)5-14(25)18(15)35-17-12(23)3-9(4-13(17)24)21(26,27)28/h3-6H,7-8H2,1-2H3. The number of methoxy groups -OCH3 is 2. The molecular formula is C21H14BrF6NO6. The second-order valence-corrected chi connectivity index (χ2v) is 7.74. The van der Waals surface area contributed by atoms with Gasteiger partial charge >= 0.3 is 18.1 Å². The first-order valence-corrected chi connectivity index (χ1v) is 10.2. The molecule has 0 saturated heterocycles. The number of rotatable bonds is 5. The molecule has 0 N–H and O–H groups in total. The largest absolute Gasteiger partial charge is 0.466 e. The summed E-state index contributed by atoms with van der Waals surface area (Å²) in [5, 5.41) is 0. The molecule has 0 radical (unpaired) electrons. The van der Waals surface area contributed by atoms with Crippen molar-refractivity contribution in [3.8, 4) is 11.5 Å². The predicted octanol–water partition coefficient (Wildman–Crippen LogP) is 5.07. The van der Waals surface area contributed by atoms with E-state index in [-0.39, 0.29) is 34.5 Å². The molecule has 0 amide bonds. The van der Waals surface area contributed by atoms with Crippen molar-refractivity contribution in [2.75, 3.05) is 32.5 Å². The molecule has 3 rings (SSSR count). The zero-order chi connectivity index (χ0) is 26.1. The van der Waals surface area contributed by atoms with Gasteiger partial charge in [-0.2, -0.15) is 13.2 Å². The number of carbonyl (C=O) groups excluding carboxylic acids is 2. The van der Waals surface area contributed by atoms with Crippen molar-refractivity contribution in [3.05, 3.63) is 63.0 Å². The number of anilines is 1. The number of nitrogens with zero attached hydrogens (tertiary/aromatic N) is 1. The maximum absolute atomic E-state index is 14.9. The van der Waals surface area contributed by atoms with Crippen molar-refractivity contribution in [1.82, 2.24) is 0 Å². The number of hydrogen-bond acceptors (Lipinski definition) is 7. The average Bonchev–Trinajstić information content (AvgIpc) is 2.79. The number of carbonyl (C=O) groups is 2. The summed E-state index contributed by atoms with van der Waals surface area (Å²) in [4.78, 5) is 25.6. The molecule has 7 nitrogen and oxygen atoms in total. The highest BCUT2D eigenvalue weighted by Gasteiger charge is 2.36. The Kier molecular flexibility index (Phi) is 7.65. The van der Waals surface area contributed by atoms with Gasteiger partial charge in [0.1, 0.15) is 12.4 Å². The van der Waals surface area contributed by atoms with E-state index in [2.05, 4.69) is 20.7 Å². The Morgan fingerprint density at radius 1 is 0.943 bits per heavy atom. The molecule has 0 saturated carbocycles. The van der Waals surface area contributed by atoms with Gasteiger partial charge in [-0.05, 0) is 24.3 Å². The average molecular weight is 570 g/mol. The van der Waals surface area contributed by atoms with Gasteiger partial charge in [0.2, 0.25) is 0 Å². The molecule has 0 bridgehead atoms. The van der Waals surface area contributed by atoms with Gasteiger partial charge in [-0.25, -0.2) is 22.8 Å². The molecule has 0 fully saturated rings. The highest BCUT2D eigenvalue weighted by molar-refractivity contribution is 9.10. The lowest BCUT2D eigenvalue weighted by Gasteiger charge is -2.32. The molecule has 14 heteroatoms. The van der Waals surface area contributed by atoms with Crippen molar-refractivity contribution in [2.45, 2.75) is 6.18 Å². The van der Waals surface area contributed by atoms with Crippen LogP contribution in [0, 0.1) is 17.5 Å². The van der Waals surface area contributed by atoms with Crippen LogP contribution < -0.4 is 9.64 Å². The molecule has 1 aliphatic heterocycles. The van der Waals surface area contributed by atoms with Crippen LogP contribution in [0.3, 0.4) is 0 Å². The quantitative estimate of drug-likeness (QED) is 0.367. The normalized spacial score (nSPS) is 14.1. The van der Waals surface area contributed by atoms with Crippen LogP contribution in [0.25, 0.3) is 0 Å². The molecule has 0 aliphatic carbocycles. The third-order valence-corrected chi connectivity index (χ3v) is 5.10. The van der Waals surface area contributed by atoms with Crippen LogP contribution in [0.5, 0.6) is 11.5 Å². The fourth-order valence-corrected chi connectivity index (χ4v) is 3.52. The Hall–Kier alpha value is -3.26. The molecule has 188 valence electrons. The minimum atomic E-state index is -5.05. The van der Waals surface area contributed by atoms with E-state index >= 15 is 0 Å². The van der Waals surface area contributed by atoms with E-state index in [0.717, 1.165) is 31.3 Å². The van der Waals surface area contributed by atoms with Crippen molar-refractivity contribution in [2.24, 2.45) is 0 Å². The SMILES string of the molecule is COC(=O)C1=C(C(=O)OC)N(c2cc(Br)cc(F)c2Oc2c(F)cc(C(F)(F)F)cc2F)COC1. The molecule has 0 spiro atoms. The van der Waals surface area contributed by atoms with Crippen molar-refractivity contribution in [3.63, 3.8) is 0 Å². The Bertz CT molecular complexity index is 1190. The number of benzene rings is 2. The lowest BCUT2D eigenvalue weighted by molar-refractivity contribution is -0.140. The highest BCUT2D eigenvalue weighted by Crippen LogP contribution is 2.43. The van der Waals surface area contributed by atoms with Gasteiger partial charge in [-0.3, -0.25) is 0 Å². The van der Waals surface area contributed by atoms with E-state index in [9.17, 15) is 35.9 Å². The molecule has 0 unspecified atom stereocenters. The fourth-order valence-electron chi connectivity index (χ4n) is 3.11. The first-order chi connectivity index (χ1) is 16.4. The zero-order valence-electron chi connectivity index (χ0n) is 17.8. The van der Waals surface area contributed by atoms with E-state index in [4.69, 9.17) is 14.2 Å². The molecule has 2 aromatic rings. The molecular weight excluding hydrogens is 556 g/mol. The van der Waals surface area contributed by atoms with Crippen LogP contribution in [-0.4, -0.2) is 39.5 Å². The summed E-state index contributed by atoms with van der Waals surface area (Å²) >= 11 is 3.03. The second-order valence-electron chi connectivity index (χ2n) is 6.82. The summed E-state index contributed by atoms with van der Waals surface area (Å²) in [5.41, 5.74) is -2.76. The van der Waals surface area contributed by atoms with E-state index in [1.165, 1.54) is 0 Å². The minimum absolute atomic E-state index is 0.0198. The van der Waals surface area contributed by atoms with Gasteiger partial charge in [0.05, 0.1) is 37.7 Å². The summed E-state index contributed by atoms with van der Waals surface area (Å²) in [6.07, 6.45) is -5.05. The maximum Gasteiger partial charge on any atom is 0.416 e. The van der Waals surface area contributed by atoms with Crippen LogP contribution in [0.1, 0.15) is 5.56 Å². The van der Waals surface area contributed by atoms with Gasteiger partial charge < -0.3 is 23.8 Å². The predicted molar refractivity (Wildman–Crippen MR) is 110 cm³/mol.